The first-order valence-electron chi connectivity index (χ1n) is 7.80. The van der Waals surface area contributed by atoms with E-state index in [0.29, 0.717) is 12.1 Å². The van der Waals surface area contributed by atoms with Gasteiger partial charge in [0.1, 0.15) is 0 Å². The highest BCUT2D eigenvalue weighted by Gasteiger charge is 2.31. The van der Waals surface area contributed by atoms with Crippen LogP contribution in [0.15, 0.2) is 30.3 Å². The predicted molar refractivity (Wildman–Crippen MR) is 85.5 cm³/mol. The van der Waals surface area contributed by atoms with Gasteiger partial charge in [0.05, 0.1) is 6.04 Å². The molecule has 0 amide bonds. The third-order valence-corrected chi connectivity index (χ3v) is 4.29. The van der Waals surface area contributed by atoms with Crippen LogP contribution in [0.4, 0.5) is 0 Å². The van der Waals surface area contributed by atoms with Crippen molar-refractivity contribution in [3.05, 3.63) is 35.9 Å². The van der Waals surface area contributed by atoms with Crippen molar-refractivity contribution in [1.29, 1.82) is 0 Å². The summed E-state index contributed by atoms with van der Waals surface area (Å²) in [5, 5.41) is 3.68. The maximum atomic E-state index is 5.78. The van der Waals surface area contributed by atoms with E-state index in [1.165, 1.54) is 5.56 Å². The Morgan fingerprint density at radius 2 is 2.10 bits per heavy atom. The summed E-state index contributed by atoms with van der Waals surface area (Å²) < 4.78 is 0. The largest absolute Gasteiger partial charge is 0.307 e. The van der Waals surface area contributed by atoms with E-state index in [0.717, 1.165) is 32.4 Å². The van der Waals surface area contributed by atoms with Gasteiger partial charge in [-0.2, -0.15) is 0 Å². The highest BCUT2D eigenvalue weighted by Crippen LogP contribution is 2.24. The molecule has 0 bridgehead atoms. The molecule has 3 unspecified atom stereocenters. The van der Waals surface area contributed by atoms with Crippen LogP contribution in [-0.2, 0) is 0 Å². The topological polar surface area (TPSA) is 15.3 Å². The molecule has 2 heteroatoms. The average molecular weight is 270 g/mol. The fourth-order valence-corrected chi connectivity index (χ4v) is 3.11. The molecule has 3 atom stereocenters. The monoisotopic (exact) mass is 270 g/mol. The number of rotatable bonds is 5. The van der Waals surface area contributed by atoms with E-state index >= 15 is 0 Å². The maximum absolute atomic E-state index is 5.78. The molecule has 1 aromatic carbocycles. The van der Waals surface area contributed by atoms with Gasteiger partial charge in [-0.25, -0.2) is 0 Å². The van der Waals surface area contributed by atoms with E-state index in [4.69, 9.17) is 6.42 Å². The summed E-state index contributed by atoms with van der Waals surface area (Å²) in [6.07, 6.45) is 9.16. The molecule has 20 heavy (non-hydrogen) atoms. The molecule has 2 nitrogen and oxygen atoms in total. The number of nitrogens with zero attached hydrogens (tertiary/aromatic N) is 1. The summed E-state index contributed by atoms with van der Waals surface area (Å²) in [5.74, 6) is 3.01. The zero-order valence-corrected chi connectivity index (χ0v) is 12.7. The molecular formula is C18H26N2. The summed E-state index contributed by atoms with van der Waals surface area (Å²) in [4.78, 5) is 2.54. The number of benzene rings is 1. The van der Waals surface area contributed by atoms with E-state index in [-0.39, 0.29) is 6.04 Å². The minimum absolute atomic E-state index is 0.276. The van der Waals surface area contributed by atoms with Crippen LogP contribution >= 0.6 is 0 Å². The fourth-order valence-electron chi connectivity index (χ4n) is 3.11. The van der Waals surface area contributed by atoms with Gasteiger partial charge in [0.15, 0.2) is 0 Å². The fraction of sp³-hybridized carbons (Fsp3) is 0.556. The van der Waals surface area contributed by atoms with Crippen LogP contribution < -0.4 is 5.32 Å². The molecule has 0 spiro atoms. The highest BCUT2D eigenvalue weighted by atomic mass is 15.3. The zero-order valence-electron chi connectivity index (χ0n) is 12.7. The lowest BCUT2D eigenvalue weighted by Crippen LogP contribution is -2.55. The van der Waals surface area contributed by atoms with Crippen LogP contribution in [0.1, 0.15) is 44.7 Å². The van der Waals surface area contributed by atoms with E-state index in [1.54, 1.807) is 0 Å². The third-order valence-electron chi connectivity index (χ3n) is 4.29. The van der Waals surface area contributed by atoms with Crippen molar-refractivity contribution in [3.8, 4) is 12.3 Å². The molecule has 1 heterocycles. The number of terminal acetylenes is 1. The molecule has 1 aromatic rings. The summed E-state index contributed by atoms with van der Waals surface area (Å²) in [6.45, 7) is 6.50. The quantitative estimate of drug-likeness (QED) is 0.827. The first-order valence-corrected chi connectivity index (χ1v) is 7.80. The molecule has 0 saturated carbocycles. The van der Waals surface area contributed by atoms with E-state index in [9.17, 15) is 0 Å². The van der Waals surface area contributed by atoms with Gasteiger partial charge in [-0.15, -0.1) is 6.42 Å². The van der Waals surface area contributed by atoms with Crippen LogP contribution in [0.25, 0.3) is 0 Å². The lowest BCUT2D eigenvalue weighted by molar-refractivity contribution is 0.0979. The SMILES string of the molecule is C#CC(CCC)N1CC(c2ccccc2)NCC1CC. The lowest BCUT2D eigenvalue weighted by Gasteiger charge is -2.43. The standard InChI is InChI=1S/C18H26N2/c1-4-10-16(5-2)20-14-18(19-13-17(20)6-3)15-11-8-7-9-12-15/h2,7-9,11-12,16-19H,4,6,10,13-14H2,1,3H3. The second kappa shape index (κ2) is 7.47. The molecular weight excluding hydrogens is 244 g/mol. The van der Waals surface area contributed by atoms with Crippen molar-refractivity contribution in [1.82, 2.24) is 10.2 Å². The lowest BCUT2D eigenvalue weighted by atomic mass is 9.97. The van der Waals surface area contributed by atoms with Gasteiger partial charge >= 0.3 is 0 Å². The molecule has 1 aliphatic rings. The molecule has 1 N–H and O–H groups in total. The highest BCUT2D eigenvalue weighted by molar-refractivity contribution is 5.20. The second-order valence-electron chi connectivity index (χ2n) is 5.60. The van der Waals surface area contributed by atoms with Gasteiger partial charge in [-0.1, -0.05) is 56.5 Å². The minimum Gasteiger partial charge on any atom is -0.307 e. The Bertz CT molecular complexity index is 434. The zero-order chi connectivity index (χ0) is 14.4. The molecule has 1 fully saturated rings. The van der Waals surface area contributed by atoms with Crippen molar-refractivity contribution in [2.24, 2.45) is 0 Å². The maximum Gasteiger partial charge on any atom is 0.0715 e. The van der Waals surface area contributed by atoms with E-state index in [2.05, 4.69) is 60.3 Å². The Morgan fingerprint density at radius 3 is 2.70 bits per heavy atom. The van der Waals surface area contributed by atoms with Gasteiger partial charge < -0.3 is 5.32 Å². The van der Waals surface area contributed by atoms with Crippen LogP contribution in [0, 0.1) is 12.3 Å². The number of piperazine rings is 1. The Kier molecular flexibility index (Phi) is 5.64. The first-order chi connectivity index (χ1) is 9.80. The summed E-state index contributed by atoms with van der Waals surface area (Å²) in [5.41, 5.74) is 1.36. The van der Waals surface area contributed by atoms with Gasteiger partial charge in [0.25, 0.3) is 0 Å². The number of hydrogen-bond acceptors (Lipinski definition) is 2. The summed E-state index contributed by atoms with van der Waals surface area (Å²) in [6, 6.07) is 11.9. The van der Waals surface area contributed by atoms with Gasteiger partial charge in [-0.05, 0) is 18.4 Å². The Morgan fingerprint density at radius 1 is 1.35 bits per heavy atom. The predicted octanol–water partition coefficient (Wildman–Crippen LogP) is 3.21. The molecule has 0 radical (unpaired) electrons. The molecule has 2 rings (SSSR count). The Labute approximate surface area is 123 Å². The smallest absolute Gasteiger partial charge is 0.0715 e. The van der Waals surface area contributed by atoms with Crippen LogP contribution in [-0.4, -0.2) is 30.1 Å². The van der Waals surface area contributed by atoms with Crippen LogP contribution in [0.3, 0.4) is 0 Å². The normalized spacial score (nSPS) is 25.1. The van der Waals surface area contributed by atoms with Gasteiger partial charge in [-0.3, -0.25) is 4.90 Å². The molecule has 1 saturated heterocycles. The van der Waals surface area contributed by atoms with Gasteiger partial charge in [0.2, 0.25) is 0 Å². The van der Waals surface area contributed by atoms with Crippen molar-refractivity contribution in [3.63, 3.8) is 0 Å². The molecule has 0 aromatic heterocycles. The minimum atomic E-state index is 0.276. The summed E-state index contributed by atoms with van der Waals surface area (Å²) in [7, 11) is 0. The van der Waals surface area contributed by atoms with Gasteiger partial charge in [0, 0.05) is 25.2 Å². The Balaban J connectivity index is 2.13. The first kappa shape index (κ1) is 15.1. The van der Waals surface area contributed by atoms with Crippen LogP contribution in [0.2, 0.25) is 0 Å². The average Bonchev–Trinajstić information content (AvgIpc) is 2.53. The van der Waals surface area contributed by atoms with Crippen molar-refractivity contribution in [2.45, 2.75) is 51.2 Å². The molecule has 1 aliphatic heterocycles. The van der Waals surface area contributed by atoms with E-state index in [1.807, 2.05) is 0 Å². The molecule has 0 aliphatic carbocycles. The molecule has 108 valence electrons. The number of nitrogens with one attached hydrogen (secondary N) is 1. The third kappa shape index (κ3) is 3.42. The van der Waals surface area contributed by atoms with Crippen molar-refractivity contribution < 1.29 is 0 Å². The Hall–Kier alpha value is -1.30. The number of hydrogen-bond donors (Lipinski definition) is 1. The second-order valence-corrected chi connectivity index (χ2v) is 5.60. The van der Waals surface area contributed by atoms with Crippen LogP contribution in [0.5, 0.6) is 0 Å². The van der Waals surface area contributed by atoms with Crippen molar-refractivity contribution >= 4 is 0 Å². The van der Waals surface area contributed by atoms with E-state index < -0.39 is 0 Å². The van der Waals surface area contributed by atoms with Crippen molar-refractivity contribution in [2.75, 3.05) is 13.1 Å². The summed E-state index contributed by atoms with van der Waals surface area (Å²) >= 11 is 0.